The Morgan fingerprint density at radius 3 is 3.06 bits per heavy atom. The lowest BCUT2D eigenvalue weighted by atomic mass is 10.0. The van der Waals surface area contributed by atoms with Gasteiger partial charge in [-0.1, -0.05) is 0 Å². The highest BCUT2D eigenvalue weighted by molar-refractivity contribution is 7.99. The van der Waals surface area contributed by atoms with Gasteiger partial charge in [0.05, 0.1) is 17.9 Å². The van der Waals surface area contributed by atoms with Crippen molar-refractivity contribution in [3.8, 4) is 6.07 Å². The number of halogens is 1. The average molecular weight is 257 g/mol. The van der Waals surface area contributed by atoms with Gasteiger partial charge in [0, 0.05) is 5.75 Å². The smallest absolute Gasteiger partial charge is 0.257 e. The van der Waals surface area contributed by atoms with Crippen LogP contribution in [-0.2, 0) is 0 Å². The van der Waals surface area contributed by atoms with Crippen molar-refractivity contribution in [2.45, 2.75) is 12.0 Å². The molecule has 1 saturated heterocycles. The minimum absolute atomic E-state index is 0.0521. The third kappa shape index (κ3) is 2.04. The molecular formula is C10H9ClN2O2S. The van der Waals surface area contributed by atoms with E-state index in [2.05, 4.69) is 11.4 Å². The van der Waals surface area contributed by atoms with E-state index in [1.807, 2.05) is 0 Å². The van der Waals surface area contributed by atoms with Gasteiger partial charge in [0.15, 0.2) is 0 Å². The summed E-state index contributed by atoms with van der Waals surface area (Å²) in [6, 6.07) is 3.65. The second-order valence-electron chi connectivity index (χ2n) is 3.56. The molecule has 2 rings (SSSR count). The second kappa shape index (κ2) is 4.40. The molecular weight excluding hydrogens is 248 g/mol. The van der Waals surface area contributed by atoms with Crippen molar-refractivity contribution in [2.24, 2.45) is 0 Å². The molecule has 1 aliphatic rings. The van der Waals surface area contributed by atoms with E-state index in [0.717, 1.165) is 5.75 Å². The van der Waals surface area contributed by atoms with Crippen molar-refractivity contribution in [3.63, 3.8) is 0 Å². The van der Waals surface area contributed by atoms with Crippen molar-refractivity contribution in [3.05, 3.63) is 23.1 Å². The highest BCUT2D eigenvalue weighted by Crippen LogP contribution is 2.28. The SMILES string of the molecule is N#CC1(NC(=O)c2ccoc2Cl)CCSC1. The van der Waals surface area contributed by atoms with E-state index in [9.17, 15) is 4.79 Å². The third-order valence-electron chi connectivity index (χ3n) is 2.45. The van der Waals surface area contributed by atoms with Gasteiger partial charge in [-0.15, -0.1) is 0 Å². The molecule has 1 N–H and O–H groups in total. The number of amides is 1. The number of nitrogens with one attached hydrogen (secondary N) is 1. The van der Waals surface area contributed by atoms with Gasteiger partial charge >= 0.3 is 0 Å². The Bertz CT molecular complexity index is 446. The van der Waals surface area contributed by atoms with Crippen LogP contribution in [0.4, 0.5) is 0 Å². The Kier molecular flexibility index (Phi) is 3.13. The quantitative estimate of drug-likeness (QED) is 0.880. The molecule has 1 amide bonds. The predicted molar refractivity (Wildman–Crippen MR) is 61.5 cm³/mol. The minimum atomic E-state index is -0.762. The molecule has 1 unspecified atom stereocenters. The molecule has 1 aliphatic heterocycles. The molecule has 0 radical (unpaired) electrons. The number of nitrogens with zero attached hydrogens (tertiary/aromatic N) is 1. The Labute approximate surface area is 102 Å². The third-order valence-corrected chi connectivity index (χ3v) is 3.93. The number of rotatable bonds is 2. The highest BCUT2D eigenvalue weighted by atomic mass is 35.5. The molecule has 1 aromatic heterocycles. The maximum Gasteiger partial charge on any atom is 0.257 e. The van der Waals surface area contributed by atoms with Gasteiger partial charge in [-0.25, -0.2) is 0 Å². The number of hydrogen-bond acceptors (Lipinski definition) is 4. The van der Waals surface area contributed by atoms with Gasteiger partial charge in [0.2, 0.25) is 5.22 Å². The second-order valence-corrected chi connectivity index (χ2v) is 5.01. The topological polar surface area (TPSA) is 66.0 Å². The van der Waals surface area contributed by atoms with Gasteiger partial charge in [0.25, 0.3) is 5.91 Å². The molecule has 1 aromatic rings. The molecule has 0 spiro atoms. The van der Waals surface area contributed by atoms with Crippen LogP contribution in [0.1, 0.15) is 16.8 Å². The van der Waals surface area contributed by atoms with Crippen molar-refractivity contribution in [1.82, 2.24) is 5.32 Å². The summed E-state index contributed by atoms with van der Waals surface area (Å²) >= 11 is 7.35. The van der Waals surface area contributed by atoms with Crippen LogP contribution >= 0.6 is 23.4 Å². The molecule has 0 saturated carbocycles. The maximum atomic E-state index is 11.8. The lowest BCUT2D eigenvalue weighted by Crippen LogP contribution is -2.47. The number of nitriles is 1. The van der Waals surface area contributed by atoms with Gasteiger partial charge in [0.1, 0.15) is 5.54 Å². The van der Waals surface area contributed by atoms with Crippen LogP contribution in [0.15, 0.2) is 16.7 Å². The Morgan fingerprint density at radius 1 is 1.75 bits per heavy atom. The summed E-state index contributed by atoms with van der Waals surface area (Å²) in [7, 11) is 0. The monoisotopic (exact) mass is 256 g/mol. The summed E-state index contributed by atoms with van der Waals surface area (Å²) in [6.07, 6.45) is 2.01. The van der Waals surface area contributed by atoms with Crippen LogP contribution in [0.3, 0.4) is 0 Å². The average Bonchev–Trinajstić information content (AvgIpc) is 2.87. The summed E-state index contributed by atoms with van der Waals surface area (Å²) in [5, 5.41) is 11.9. The van der Waals surface area contributed by atoms with Crippen molar-refractivity contribution in [1.29, 1.82) is 5.26 Å². The Hall–Kier alpha value is -1.12. The summed E-state index contributed by atoms with van der Waals surface area (Å²) in [6.45, 7) is 0. The van der Waals surface area contributed by atoms with E-state index in [1.165, 1.54) is 12.3 Å². The van der Waals surface area contributed by atoms with Crippen molar-refractivity contribution in [2.75, 3.05) is 11.5 Å². The first-order valence-corrected chi connectivity index (χ1v) is 6.25. The molecule has 16 heavy (non-hydrogen) atoms. The van der Waals surface area contributed by atoms with Crippen molar-refractivity contribution >= 4 is 29.3 Å². The van der Waals surface area contributed by atoms with Gasteiger partial charge < -0.3 is 9.73 Å². The fourth-order valence-corrected chi connectivity index (χ4v) is 2.99. The van der Waals surface area contributed by atoms with Crippen LogP contribution < -0.4 is 5.32 Å². The lowest BCUT2D eigenvalue weighted by Gasteiger charge is -2.20. The number of hydrogen-bond donors (Lipinski definition) is 1. The van der Waals surface area contributed by atoms with Gasteiger partial charge in [-0.05, 0) is 29.8 Å². The Balaban J connectivity index is 2.13. The van der Waals surface area contributed by atoms with Crippen LogP contribution in [0, 0.1) is 11.3 Å². The van der Waals surface area contributed by atoms with E-state index in [4.69, 9.17) is 21.3 Å². The first-order valence-electron chi connectivity index (χ1n) is 4.71. The largest absolute Gasteiger partial charge is 0.452 e. The predicted octanol–water partition coefficient (Wildman–Crippen LogP) is 2.06. The molecule has 0 bridgehead atoms. The zero-order chi connectivity index (χ0) is 11.6. The summed E-state index contributed by atoms with van der Waals surface area (Å²) in [5.41, 5.74) is -0.490. The standard InChI is InChI=1S/C10H9ClN2O2S/c11-8-7(1-3-15-8)9(14)13-10(5-12)2-4-16-6-10/h1,3H,2,4,6H2,(H,13,14). The van der Waals surface area contributed by atoms with E-state index in [-0.39, 0.29) is 16.7 Å². The number of carbonyl (C=O) groups excluding carboxylic acids is 1. The fourth-order valence-electron chi connectivity index (χ4n) is 1.52. The van der Waals surface area contributed by atoms with Gasteiger partial charge in [-0.3, -0.25) is 4.79 Å². The van der Waals surface area contributed by atoms with Crippen LogP contribution in [-0.4, -0.2) is 23.0 Å². The molecule has 6 heteroatoms. The summed E-state index contributed by atoms with van der Waals surface area (Å²) in [5.74, 6) is 1.14. The molecule has 4 nitrogen and oxygen atoms in total. The molecule has 0 aromatic carbocycles. The van der Waals surface area contributed by atoms with E-state index < -0.39 is 5.54 Å². The Morgan fingerprint density at radius 2 is 2.56 bits per heavy atom. The molecule has 84 valence electrons. The molecule has 2 heterocycles. The highest BCUT2D eigenvalue weighted by Gasteiger charge is 2.36. The first kappa shape index (κ1) is 11.4. The maximum absolute atomic E-state index is 11.8. The molecule has 1 fully saturated rings. The zero-order valence-corrected chi connectivity index (χ0v) is 9.90. The summed E-state index contributed by atoms with van der Waals surface area (Å²) < 4.78 is 4.83. The van der Waals surface area contributed by atoms with Gasteiger partial charge in [-0.2, -0.15) is 17.0 Å². The van der Waals surface area contributed by atoms with E-state index in [0.29, 0.717) is 12.2 Å². The number of furan rings is 1. The lowest BCUT2D eigenvalue weighted by molar-refractivity contribution is 0.0925. The van der Waals surface area contributed by atoms with Crippen LogP contribution in [0.2, 0.25) is 5.22 Å². The minimum Gasteiger partial charge on any atom is -0.452 e. The normalized spacial score (nSPS) is 24.0. The molecule has 1 atom stereocenters. The zero-order valence-electron chi connectivity index (χ0n) is 8.33. The van der Waals surface area contributed by atoms with E-state index in [1.54, 1.807) is 11.8 Å². The van der Waals surface area contributed by atoms with Crippen LogP contribution in [0.25, 0.3) is 0 Å². The van der Waals surface area contributed by atoms with Crippen molar-refractivity contribution < 1.29 is 9.21 Å². The van der Waals surface area contributed by atoms with Crippen LogP contribution in [0.5, 0.6) is 0 Å². The number of thioether (sulfide) groups is 1. The summed E-state index contributed by atoms with van der Waals surface area (Å²) in [4.78, 5) is 11.8. The first-order chi connectivity index (χ1) is 7.67. The fraction of sp³-hybridized carbons (Fsp3) is 0.400. The molecule has 0 aliphatic carbocycles. The van der Waals surface area contributed by atoms with E-state index >= 15 is 0 Å². The number of carbonyl (C=O) groups is 1.